The molecule has 19 heavy (non-hydrogen) atoms. The minimum Gasteiger partial charge on any atom is -0.481 e. The van der Waals surface area contributed by atoms with Gasteiger partial charge in [-0.25, -0.2) is 0 Å². The van der Waals surface area contributed by atoms with Crippen molar-refractivity contribution in [2.24, 2.45) is 0 Å². The molecule has 0 fully saturated rings. The monoisotopic (exact) mass is 263 g/mol. The second-order valence-corrected chi connectivity index (χ2v) is 5.03. The van der Waals surface area contributed by atoms with Crippen molar-refractivity contribution in [1.82, 2.24) is 4.90 Å². The van der Waals surface area contributed by atoms with Gasteiger partial charge in [0.25, 0.3) is 0 Å². The van der Waals surface area contributed by atoms with Gasteiger partial charge in [0.1, 0.15) is 6.42 Å². The van der Waals surface area contributed by atoms with E-state index in [9.17, 15) is 9.59 Å². The van der Waals surface area contributed by atoms with Crippen LogP contribution >= 0.6 is 0 Å². The number of carbonyl (C=O) groups excluding carboxylic acids is 1. The van der Waals surface area contributed by atoms with Gasteiger partial charge in [0.05, 0.1) is 0 Å². The van der Waals surface area contributed by atoms with E-state index >= 15 is 0 Å². The van der Waals surface area contributed by atoms with Gasteiger partial charge in [0, 0.05) is 13.6 Å². The number of benzene rings is 1. The number of hydrogen-bond donors (Lipinski definition) is 1. The Hall–Kier alpha value is -1.84. The fourth-order valence-electron chi connectivity index (χ4n) is 1.76. The average Bonchev–Trinajstić information content (AvgIpc) is 2.35. The molecule has 4 heteroatoms. The summed E-state index contributed by atoms with van der Waals surface area (Å²) in [5.74, 6) is -0.932. The number of aliphatic carboxylic acids is 1. The Morgan fingerprint density at radius 3 is 2.26 bits per heavy atom. The summed E-state index contributed by atoms with van der Waals surface area (Å²) in [6.07, 6.45) is 0.295. The van der Waals surface area contributed by atoms with Crippen molar-refractivity contribution in [3.63, 3.8) is 0 Å². The third-order valence-corrected chi connectivity index (χ3v) is 3.11. The second-order valence-electron chi connectivity index (χ2n) is 5.03. The smallest absolute Gasteiger partial charge is 0.312 e. The Labute approximate surface area is 114 Å². The van der Waals surface area contributed by atoms with Gasteiger partial charge in [-0.2, -0.15) is 0 Å². The fraction of sp³-hybridized carbons (Fsp3) is 0.467. The Bertz CT molecular complexity index is 437. The Balaban J connectivity index is 2.48. The standard InChI is InChI=1S/C15H21NO3/c1-11(2)13-6-4-12(5-7-13)8-9-16(3)14(17)10-15(18)19/h4-7,11H,8-10H2,1-3H3,(H,18,19). The van der Waals surface area contributed by atoms with Gasteiger partial charge in [-0.3, -0.25) is 9.59 Å². The number of carbonyl (C=O) groups is 2. The van der Waals surface area contributed by atoms with Crippen LogP contribution in [0.4, 0.5) is 0 Å². The van der Waals surface area contributed by atoms with Crippen molar-refractivity contribution < 1.29 is 14.7 Å². The number of carboxylic acids is 1. The first-order chi connectivity index (χ1) is 8.90. The lowest BCUT2D eigenvalue weighted by Gasteiger charge is -2.16. The van der Waals surface area contributed by atoms with E-state index in [-0.39, 0.29) is 5.91 Å². The molecular formula is C15H21NO3. The van der Waals surface area contributed by atoms with Gasteiger partial charge in [-0.05, 0) is 23.5 Å². The molecule has 104 valence electrons. The summed E-state index contributed by atoms with van der Waals surface area (Å²) < 4.78 is 0. The van der Waals surface area contributed by atoms with E-state index in [1.54, 1.807) is 7.05 Å². The van der Waals surface area contributed by atoms with Crippen molar-refractivity contribution in [2.75, 3.05) is 13.6 Å². The molecule has 1 aromatic rings. The minimum atomic E-state index is -1.09. The van der Waals surface area contributed by atoms with Gasteiger partial charge < -0.3 is 10.0 Å². The normalized spacial score (nSPS) is 10.5. The van der Waals surface area contributed by atoms with E-state index in [0.717, 1.165) is 12.0 Å². The summed E-state index contributed by atoms with van der Waals surface area (Å²) in [4.78, 5) is 23.4. The molecule has 0 bridgehead atoms. The van der Waals surface area contributed by atoms with Crippen molar-refractivity contribution >= 4 is 11.9 Å². The van der Waals surface area contributed by atoms with Gasteiger partial charge in [-0.1, -0.05) is 38.1 Å². The quantitative estimate of drug-likeness (QED) is 0.801. The summed E-state index contributed by atoms with van der Waals surface area (Å²) in [5, 5.41) is 8.55. The molecule has 0 heterocycles. The highest BCUT2D eigenvalue weighted by molar-refractivity contribution is 5.93. The Kier molecular flexibility index (Phi) is 5.55. The molecule has 0 aromatic heterocycles. The van der Waals surface area contributed by atoms with Gasteiger partial charge >= 0.3 is 5.97 Å². The zero-order valence-electron chi connectivity index (χ0n) is 11.7. The number of likely N-dealkylation sites (N-methyl/N-ethyl adjacent to an activating group) is 1. The highest BCUT2D eigenvalue weighted by Crippen LogP contribution is 2.15. The first kappa shape index (κ1) is 15.2. The summed E-state index contributed by atoms with van der Waals surface area (Å²) in [7, 11) is 1.63. The maximum atomic E-state index is 11.5. The summed E-state index contributed by atoms with van der Waals surface area (Å²) in [5.41, 5.74) is 2.44. The van der Waals surface area contributed by atoms with Crippen LogP contribution in [0, 0.1) is 0 Å². The fourth-order valence-corrected chi connectivity index (χ4v) is 1.76. The van der Waals surface area contributed by atoms with Gasteiger partial charge in [0.15, 0.2) is 0 Å². The molecule has 0 atom stereocenters. The molecule has 0 radical (unpaired) electrons. The molecule has 0 aliphatic rings. The highest BCUT2D eigenvalue weighted by Gasteiger charge is 2.12. The average molecular weight is 263 g/mol. The van der Waals surface area contributed by atoms with Gasteiger partial charge in [0.2, 0.25) is 5.91 Å². The van der Waals surface area contributed by atoms with E-state index in [0.29, 0.717) is 12.5 Å². The van der Waals surface area contributed by atoms with Crippen molar-refractivity contribution in [1.29, 1.82) is 0 Å². The number of nitrogens with zero attached hydrogens (tertiary/aromatic N) is 1. The molecule has 0 spiro atoms. The summed E-state index contributed by atoms with van der Waals surface area (Å²) in [6, 6.07) is 8.31. The van der Waals surface area contributed by atoms with Crippen molar-refractivity contribution in [3.05, 3.63) is 35.4 Å². The predicted molar refractivity (Wildman–Crippen MR) is 74.1 cm³/mol. The highest BCUT2D eigenvalue weighted by atomic mass is 16.4. The predicted octanol–water partition coefficient (Wildman–Crippen LogP) is 2.29. The molecule has 0 unspecified atom stereocenters. The Morgan fingerprint density at radius 1 is 1.21 bits per heavy atom. The summed E-state index contributed by atoms with van der Waals surface area (Å²) in [6.45, 7) is 4.83. The first-order valence-electron chi connectivity index (χ1n) is 6.44. The maximum absolute atomic E-state index is 11.5. The molecule has 1 N–H and O–H groups in total. The lowest BCUT2D eigenvalue weighted by Crippen LogP contribution is -2.30. The van der Waals surface area contributed by atoms with E-state index in [4.69, 9.17) is 5.11 Å². The molecule has 1 aromatic carbocycles. The SMILES string of the molecule is CC(C)c1ccc(CCN(C)C(=O)CC(=O)O)cc1. The van der Waals surface area contributed by atoms with Crippen molar-refractivity contribution in [3.8, 4) is 0 Å². The lowest BCUT2D eigenvalue weighted by atomic mass is 10.0. The van der Waals surface area contributed by atoms with Crippen LogP contribution in [0.5, 0.6) is 0 Å². The lowest BCUT2D eigenvalue weighted by molar-refractivity contribution is -0.143. The molecule has 0 aliphatic carbocycles. The van der Waals surface area contributed by atoms with Crippen LogP contribution in [0.1, 0.15) is 37.3 Å². The van der Waals surface area contributed by atoms with Crippen LogP contribution in [0.2, 0.25) is 0 Å². The second kappa shape index (κ2) is 6.92. The minimum absolute atomic E-state index is 0.355. The molecule has 1 rings (SSSR count). The largest absolute Gasteiger partial charge is 0.481 e. The third-order valence-electron chi connectivity index (χ3n) is 3.11. The van der Waals surface area contributed by atoms with Crippen LogP contribution in [-0.2, 0) is 16.0 Å². The zero-order valence-corrected chi connectivity index (χ0v) is 11.7. The van der Waals surface area contributed by atoms with E-state index in [2.05, 4.69) is 38.1 Å². The van der Waals surface area contributed by atoms with Crippen LogP contribution < -0.4 is 0 Å². The molecule has 0 saturated carbocycles. The van der Waals surface area contributed by atoms with Gasteiger partial charge in [-0.15, -0.1) is 0 Å². The maximum Gasteiger partial charge on any atom is 0.312 e. The topological polar surface area (TPSA) is 57.6 Å². The number of hydrogen-bond acceptors (Lipinski definition) is 2. The van der Waals surface area contributed by atoms with Crippen LogP contribution in [0.15, 0.2) is 24.3 Å². The zero-order chi connectivity index (χ0) is 14.4. The van der Waals surface area contributed by atoms with Crippen LogP contribution in [0.25, 0.3) is 0 Å². The number of rotatable bonds is 6. The molecule has 0 aliphatic heterocycles. The molecule has 1 amide bonds. The first-order valence-corrected chi connectivity index (χ1v) is 6.44. The molecular weight excluding hydrogens is 242 g/mol. The number of amides is 1. The van der Waals surface area contributed by atoms with E-state index in [1.807, 2.05) is 0 Å². The van der Waals surface area contributed by atoms with Crippen LogP contribution in [0.3, 0.4) is 0 Å². The van der Waals surface area contributed by atoms with Crippen LogP contribution in [-0.4, -0.2) is 35.5 Å². The Morgan fingerprint density at radius 2 is 1.79 bits per heavy atom. The molecule has 0 saturated heterocycles. The molecule has 4 nitrogen and oxygen atoms in total. The summed E-state index contributed by atoms with van der Waals surface area (Å²) >= 11 is 0. The van der Waals surface area contributed by atoms with Crippen molar-refractivity contribution in [2.45, 2.75) is 32.6 Å². The van der Waals surface area contributed by atoms with E-state index in [1.165, 1.54) is 10.5 Å². The number of carboxylic acid groups (broad SMARTS) is 1. The third kappa shape index (κ3) is 5.12. The van der Waals surface area contributed by atoms with E-state index < -0.39 is 12.4 Å².